The van der Waals surface area contributed by atoms with E-state index in [1.165, 1.54) is 5.56 Å². The van der Waals surface area contributed by atoms with Gasteiger partial charge in [-0.3, -0.25) is 0 Å². The van der Waals surface area contributed by atoms with E-state index in [1.807, 2.05) is 36.4 Å². The molecule has 3 rings (SSSR count). The van der Waals surface area contributed by atoms with Crippen LogP contribution < -0.4 is 5.32 Å². The fourth-order valence-electron chi connectivity index (χ4n) is 2.10. The zero-order valence-corrected chi connectivity index (χ0v) is 11.2. The van der Waals surface area contributed by atoms with Crippen molar-refractivity contribution >= 4 is 22.6 Å². The second kappa shape index (κ2) is 5.47. The monoisotopic (exact) mass is 271 g/mol. The molecule has 0 saturated heterocycles. The zero-order chi connectivity index (χ0) is 13.1. The molecule has 0 aliphatic carbocycles. The third-order valence-corrected chi connectivity index (χ3v) is 3.23. The van der Waals surface area contributed by atoms with Gasteiger partial charge in [0.15, 0.2) is 0 Å². The Morgan fingerprint density at radius 2 is 1.84 bits per heavy atom. The van der Waals surface area contributed by atoms with Gasteiger partial charge in [0.25, 0.3) is 0 Å². The molecule has 1 aromatic heterocycles. The second-order valence-corrected chi connectivity index (χ2v) is 4.92. The third-order valence-electron chi connectivity index (χ3n) is 2.99. The highest BCUT2D eigenvalue weighted by atomic mass is 35.5. The lowest BCUT2D eigenvalue weighted by atomic mass is 10.2. The van der Waals surface area contributed by atoms with Gasteiger partial charge in [0.2, 0.25) is 0 Å². The van der Waals surface area contributed by atoms with Crippen molar-refractivity contribution < 1.29 is 4.42 Å². The van der Waals surface area contributed by atoms with Crippen LogP contribution in [0.2, 0.25) is 5.02 Å². The van der Waals surface area contributed by atoms with Gasteiger partial charge in [-0.15, -0.1) is 0 Å². The summed E-state index contributed by atoms with van der Waals surface area (Å²) in [5.74, 6) is 0.947. The SMILES string of the molecule is Clc1cccc(CNCc2cc3ccccc3o2)c1. The third kappa shape index (κ3) is 2.98. The highest BCUT2D eigenvalue weighted by Gasteiger charge is 2.02. The van der Waals surface area contributed by atoms with E-state index in [-0.39, 0.29) is 0 Å². The number of fused-ring (bicyclic) bond motifs is 1. The molecule has 0 amide bonds. The fourth-order valence-corrected chi connectivity index (χ4v) is 2.31. The lowest BCUT2D eigenvalue weighted by Gasteiger charge is -2.03. The zero-order valence-electron chi connectivity index (χ0n) is 10.4. The van der Waals surface area contributed by atoms with E-state index >= 15 is 0 Å². The lowest BCUT2D eigenvalue weighted by Crippen LogP contribution is -2.11. The number of benzene rings is 2. The topological polar surface area (TPSA) is 25.2 Å². The van der Waals surface area contributed by atoms with Crippen molar-refractivity contribution in [2.45, 2.75) is 13.1 Å². The minimum Gasteiger partial charge on any atom is -0.460 e. The Morgan fingerprint density at radius 1 is 0.947 bits per heavy atom. The molecule has 3 aromatic rings. The molecule has 2 aromatic carbocycles. The molecule has 1 heterocycles. The Balaban J connectivity index is 1.63. The minimum absolute atomic E-state index is 0.710. The first-order valence-electron chi connectivity index (χ1n) is 6.24. The second-order valence-electron chi connectivity index (χ2n) is 4.48. The first-order chi connectivity index (χ1) is 9.31. The minimum atomic E-state index is 0.710. The number of nitrogens with one attached hydrogen (secondary N) is 1. The van der Waals surface area contributed by atoms with Gasteiger partial charge in [-0.2, -0.15) is 0 Å². The summed E-state index contributed by atoms with van der Waals surface area (Å²) >= 11 is 5.95. The van der Waals surface area contributed by atoms with Crippen molar-refractivity contribution in [1.82, 2.24) is 5.32 Å². The normalized spacial score (nSPS) is 11.0. The summed E-state index contributed by atoms with van der Waals surface area (Å²) in [4.78, 5) is 0. The maximum absolute atomic E-state index is 5.95. The van der Waals surface area contributed by atoms with E-state index in [2.05, 4.69) is 23.5 Å². The Labute approximate surface area is 117 Å². The van der Waals surface area contributed by atoms with Crippen molar-refractivity contribution in [3.63, 3.8) is 0 Å². The standard InChI is InChI=1S/C16H14ClNO/c17-14-6-3-4-12(8-14)10-18-11-15-9-13-5-1-2-7-16(13)19-15/h1-9,18H,10-11H2. The maximum Gasteiger partial charge on any atom is 0.134 e. The molecule has 0 unspecified atom stereocenters. The number of rotatable bonds is 4. The Morgan fingerprint density at radius 3 is 2.68 bits per heavy atom. The van der Waals surface area contributed by atoms with Crippen LogP contribution in [0.5, 0.6) is 0 Å². The highest BCUT2D eigenvalue weighted by molar-refractivity contribution is 6.30. The molecule has 3 heteroatoms. The molecule has 19 heavy (non-hydrogen) atoms. The van der Waals surface area contributed by atoms with E-state index in [4.69, 9.17) is 16.0 Å². The van der Waals surface area contributed by atoms with E-state index < -0.39 is 0 Å². The smallest absolute Gasteiger partial charge is 0.134 e. The number of hydrogen-bond donors (Lipinski definition) is 1. The van der Waals surface area contributed by atoms with Crippen molar-refractivity contribution in [3.05, 3.63) is 70.9 Å². The number of para-hydroxylation sites is 1. The average molecular weight is 272 g/mol. The first kappa shape index (κ1) is 12.3. The molecule has 0 atom stereocenters. The van der Waals surface area contributed by atoms with Crippen LogP contribution in [0, 0.1) is 0 Å². The number of furan rings is 1. The predicted molar refractivity (Wildman–Crippen MR) is 78.2 cm³/mol. The van der Waals surface area contributed by atoms with E-state index in [1.54, 1.807) is 0 Å². The summed E-state index contributed by atoms with van der Waals surface area (Å²) in [6.07, 6.45) is 0. The van der Waals surface area contributed by atoms with Crippen LogP contribution in [0.3, 0.4) is 0 Å². The van der Waals surface area contributed by atoms with Gasteiger partial charge < -0.3 is 9.73 Å². The summed E-state index contributed by atoms with van der Waals surface area (Å²) in [6.45, 7) is 1.48. The van der Waals surface area contributed by atoms with Gasteiger partial charge in [0, 0.05) is 17.0 Å². The quantitative estimate of drug-likeness (QED) is 0.762. The molecule has 0 saturated carbocycles. The van der Waals surface area contributed by atoms with Gasteiger partial charge in [-0.25, -0.2) is 0 Å². The number of halogens is 1. The van der Waals surface area contributed by atoms with Crippen LogP contribution in [-0.4, -0.2) is 0 Å². The first-order valence-corrected chi connectivity index (χ1v) is 6.62. The largest absolute Gasteiger partial charge is 0.460 e. The van der Waals surface area contributed by atoms with E-state index in [9.17, 15) is 0 Å². The molecule has 0 aliphatic rings. The van der Waals surface area contributed by atoms with Gasteiger partial charge in [0.1, 0.15) is 11.3 Å². The van der Waals surface area contributed by atoms with Gasteiger partial charge in [-0.1, -0.05) is 41.9 Å². The molecule has 0 fully saturated rings. The Bertz CT molecular complexity index is 657. The van der Waals surface area contributed by atoms with Crippen molar-refractivity contribution in [2.24, 2.45) is 0 Å². The Kier molecular flexibility index (Phi) is 3.53. The van der Waals surface area contributed by atoms with Crippen LogP contribution in [0.4, 0.5) is 0 Å². The Hall–Kier alpha value is -1.77. The molecule has 96 valence electrons. The lowest BCUT2D eigenvalue weighted by molar-refractivity contribution is 0.514. The van der Waals surface area contributed by atoms with Crippen molar-refractivity contribution in [3.8, 4) is 0 Å². The summed E-state index contributed by atoms with van der Waals surface area (Å²) < 4.78 is 5.74. The molecule has 0 spiro atoms. The van der Waals surface area contributed by atoms with Gasteiger partial charge in [0.05, 0.1) is 6.54 Å². The van der Waals surface area contributed by atoms with Gasteiger partial charge in [-0.05, 0) is 29.8 Å². The molecule has 1 N–H and O–H groups in total. The number of hydrogen-bond acceptors (Lipinski definition) is 2. The van der Waals surface area contributed by atoms with Crippen molar-refractivity contribution in [1.29, 1.82) is 0 Å². The summed E-state index contributed by atoms with van der Waals surface area (Å²) in [5, 5.41) is 5.26. The van der Waals surface area contributed by atoms with Crippen LogP contribution in [0.25, 0.3) is 11.0 Å². The maximum atomic E-state index is 5.95. The van der Waals surface area contributed by atoms with Crippen molar-refractivity contribution in [2.75, 3.05) is 0 Å². The van der Waals surface area contributed by atoms with Crippen LogP contribution in [-0.2, 0) is 13.1 Å². The van der Waals surface area contributed by atoms with E-state index in [0.717, 1.165) is 28.3 Å². The van der Waals surface area contributed by atoms with E-state index in [0.29, 0.717) is 6.54 Å². The fraction of sp³-hybridized carbons (Fsp3) is 0.125. The molecular formula is C16H14ClNO. The van der Waals surface area contributed by atoms with Crippen LogP contribution in [0.15, 0.2) is 59.0 Å². The summed E-state index contributed by atoms with van der Waals surface area (Å²) in [5.41, 5.74) is 2.10. The molecule has 0 radical (unpaired) electrons. The average Bonchev–Trinajstić information content (AvgIpc) is 2.81. The highest BCUT2D eigenvalue weighted by Crippen LogP contribution is 2.18. The summed E-state index contributed by atoms with van der Waals surface area (Å²) in [6, 6.07) is 18.0. The van der Waals surface area contributed by atoms with Gasteiger partial charge >= 0.3 is 0 Å². The van der Waals surface area contributed by atoms with Crippen LogP contribution >= 0.6 is 11.6 Å². The summed E-state index contributed by atoms with van der Waals surface area (Å²) in [7, 11) is 0. The molecule has 2 nitrogen and oxygen atoms in total. The molecular weight excluding hydrogens is 258 g/mol. The predicted octanol–water partition coefficient (Wildman–Crippen LogP) is 4.38. The molecule has 0 bridgehead atoms. The molecule has 0 aliphatic heterocycles. The van der Waals surface area contributed by atoms with Crippen LogP contribution in [0.1, 0.15) is 11.3 Å².